The fourth-order valence-electron chi connectivity index (χ4n) is 0.222. The van der Waals surface area contributed by atoms with Crippen LogP contribution in [0.4, 0.5) is 4.79 Å². The van der Waals surface area contributed by atoms with Crippen LogP contribution in [-0.2, 0) is 14.9 Å². The standard InChI is InChI=1S/C2H4N2O6S/c1-10-2(5)4(7)11(8,9)3-6/h4H,1H3. The van der Waals surface area contributed by atoms with Crippen LogP contribution in [-0.4, -0.2) is 21.6 Å². The lowest BCUT2D eigenvalue weighted by Crippen LogP contribution is -3.11. The molecule has 64 valence electrons. The molecule has 0 aromatic heterocycles. The van der Waals surface area contributed by atoms with Gasteiger partial charge in [0.25, 0.3) is 0 Å². The largest absolute Gasteiger partial charge is 0.606 e. The van der Waals surface area contributed by atoms with Gasteiger partial charge in [0.15, 0.2) is 0 Å². The molecule has 0 saturated heterocycles. The SMILES string of the molecule is COC(=O)[NH+]([O-])S(=O)(=O)N=O. The summed E-state index contributed by atoms with van der Waals surface area (Å²) in [4.78, 5) is 19.6. The quantitative estimate of drug-likeness (QED) is 0.397. The molecule has 1 unspecified atom stereocenters. The van der Waals surface area contributed by atoms with Gasteiger partial charge in [-0.15, -0.1) is 17.8 Å². The average Bonchev–Trinajstić information content (AvgIpc) is 2.01. The lowest BCUT2D eigenvalue weighted by atomic mass is 11.2. The van der Waals surface area contributed by atoms with Crippen LogP contribution in [0.15, 0.2) is 4.58 Å². The number of nitroso groups, excluding NO2 is 1. The highest BCUT2D eigenvalue weighted by molar-refractivity contribution is 7.83. The molecule has 0 aliphatic heterocycles. The monoisotopic (exact) mass is 184 g/mol. The number of hydrogen-bond donors (Lipinski definition) is 1. The van der Waals surface area contributed by atoms with Gasteiger partial charge in [-0.2, -0.15) is 4.79 Å². The van der Waals surface area contributed by atoms with Crippen molar-refractivity contribution in [1.82, 2.24) is 0 Å². The molecule has 0 heterocycles. The highest BCUT2D eigenvalue weighted by atomic mass is 32.2. The van der Waals surface area contributed by atoms with Gasteiger partial charge in [-0.25, -0.2) is 0 Å². The number of ether oxygens (including phenoxy) is 1. The molecule has 0 fully saturated rings. The van der Waals surface area contributed by atoms with Crippen molar-refractivity contribution in [1.29, 1.82) is 0 Å². The smallest absolute Gasteiger partial charge is 0.531 e. The lowest BCUT2D eigenvalue weighted by molar-refractivity contribution is -0.620. The van der Waals surface area contributed by atoms with Crippen LogP contribution in [0.1, 0.15) is 0 Å². The maximum Gasteiger partial charge on any atom is 0.531 e. The van der Waals surface area contributed by atoms with Crippen LogP contribution in [0.2, 0.25) is 0 Å². The number of quaternary nitrogens is 1. The van der Waals surface area contributed by atoms with Crippen molar-refractivity contribution < 1.29 is 22.4 Å². The van der Waals surface area contributed by atoms with Crippen molar-refractivity contribution in [2.45, 2.75) is 0 Å². The third kappa shape index (κ3) is 2.22. The number of nitrogens with one attached hydrogen (secondary N) is 1. The Morgan fingerprint density at radius 3 is 2.36 bits per heavy atom. The zero-order valence-electron chi connectivity index (χ0n) is 5.30. The summed E-state index contributed by atoms with van der Waals surface area (Å²) < 4.78 is 23.6. The van der Waals surface area contributed by atoms with E-state index in [1.807, 2.05) is 0 Å². The topological polar surface area (TPSA) is 117 Å². The number of nitrogens with zero attached hydrogens (tertiary/aromatic N) is 1. The summed E-state index contributed by atoms with van der Waals surface area (Å²) in [6.45, 7) is 0. The van der Waals surface area contributed by atoms with Gasteiger partial charge in [-0.3, -0.25) is 0 Å². The normalized spacial score (nSPS) is 13.6. The lowest BCUT2D eigenvalue weighted by Gasteiger charge is -2.10. The van der Waals surface area contributed by atoms with Crippen LogP contribution < -0.4 is 4.47 Å². The summed E-state index contributed by atoms with van der Waals surface area (Å²) in [5, 5.41) is 10.3. The third-order valence-corrected chi connectivity index (χ3v) is 1.52. The maximum atomic E-state index is 10.3. The minimum atomic E-state index is -4.85. The molecule has 0 bridgehead atoms. The number of amides is 1. The molecule has 8 nitrogen and oxygen atoms in total. The van der Waals surface area contributed by atoms with Gasteiger partial charge in [0, 0.05) is 0 Å². The van der Waals surface area contributed by atoms with E-state index in [1.54, 1.807) is 0 Å². The molecule has 0 rings (SSSR count). The van der Waals surface area contributed by atoms with E-state index in [-0.39, 0.29) is 0 Å². The molecular weight excluding hydrogens is 180 g/mol. The number of rotatable bonds is 2. The molecule has 0 saturated carbocycles. The minimum Gasteiger partial charge on any atom is -0.606 e. The zero-order chi connectivity index (χ0) is 9.07. The van der Waals surface area contributed by atoms with E-state index >= 15 is 0 Å². The number of methoxy groups -OCH3 is 1. The van der Waals surface area contributed by atoms with Crippen molar-refractivity contribution in [3.8, 4) is 0 Å². The van der Waals surface area contributed by atoms with Crippen molar-refractivity contribution in [2.24, 2.45) is 4.58 Å². The molecule has 1 amide bonds. The van der Waals surface area contributed by atoms with Crippen LogP contribution in [0, 0.1) is 10.1 Å². The predicted octanol–water partition coefficient (Wildman–Crippen LogP) is -1.85. The summed E-state index contributed by atoms with van der Waals surface area (Å²) in [6.07, 6.45) is -1.63. The fraction of sp³-hybridized carbons (Fsp3) is 0.500. The molecular formula is C2H4N2O6S. The Kier molecular flexibility index (Phi) is 3.04. The first-order valence-corrected chi connectivity index (χ1v) is 3.61. The Morgan fingerprint density at radius 1 is 1.64 bits per heavy atom. The third-order valence-electron chi connectivity index (χ3n) is 0.684. The van der Waals surface area contributed by atoms with E-state index in [0.29, 0.717) is 0 Å². The van der Waals surface area contributed by atoms with Crippen LogP contribution in [0.3, 0.4) is 0 Å². The van der Waals surface area contributed by atoms with E-state index in [1.165, 1.54) is 4.58 Å². The molecule has 0 aliphatic rings. The summed E-state index contributed by atoms with van der Waals surface area (Å²) in [7, 11) is -4.05. The molecule has 9 heteroatoms. The van der Waals surface area contributed by atoms with Crippen molar-refractivity contribution in [3.05, 3.63) is 10.1 Å². The number of hydroxylamine groups is 1. The van der Waals surface area contributed by atoms with E-state index in [2.05, 4.69) is 4.74 Å². The van der Waals surface area contributed by atoms with E-state index in [0.717, 1.165) is 7.11 Å². The Balaban J connectivity index is 4.63. The van der Waals surface area contributed by atoms with Gasteiger partial charge in [0.05, 0.1) is 7.11 Å². The maximum absolute atomic E-state index is 10.3. The summed E-state index contributed by atoms with van der Waals surface area (Å²) in [5.74, 6) is 0. The minimum absolute atomic E-state index is 0.806. The van der Waals surface area contributed by atoms with Crippen LogP contribution in [0.5, 0.6) is 0 Å². The molecule has 0 aromatic carbocycles. The number of carbonyl (C=O) groups excluding carboxylic acids is 1. The predicted molar refractivity (Wildman–Crippen MR) is 31.4 cm³/mol. The van der Waals surface area contributed by atoms with Gasteiger partial charge in [-0.05, 0) is 0 Å². The Labute approximate surface area is 61.5 Å². The molecule has 0 aliphatic carbocycles. The van der Waals surface area contributed by atoms with Gasteiger partial charge in [-0.1, -0.05) is 0 Å². The summed E-state index contributed by atoms with van der Waals surface area (Å²) in [5.41, 5.74) is 0. The molecule has 0 spiro atoms. The molecule has 11 heavy (non-hydrogen) atoms. The second kappa shape index (κ2) is 3.37. The van der Waals surface area contributed by atoms with E-state index in [9.17, 15) is 23.3 Å². The van der Waals surface area contributed by atoms with Gasteiger partial charge < -0.3 is 9.94 Å². The first-order chi connectivity index (χ1) is 4.95. The van der Waals surface area contributed by atoms with Crippen molar-refractivity contribution >= 4 is 16.3 Å². The first-order valence-electron chi connectivity index (χ1n) is 2.17. The summed E-state index contributed by atoms with van der Waals surface area (Å²) >= 11 is 0. The Hall–Kier alpha value is -1.06. The summed E-state index contributed by atoms with van der Waals surface area (Å²) in [6, 6.07) is 0. The molecule has 0 radical (unpaired) electrons. The van der Waals surface area contributed by atoms with Crippen molar-refractivity contribution in [2.75, 3.05) is 7.11 Å². The Morgan fingerprint density at radius 2 is 2.09 bits per heavy atom. The van der Waals surface area contributed by atoms with Crippen molar-refractivity contribution in [3.63, 3.8) is 0 Å². The number of hydrogen-bond acceptors (Lipinski definition) is 6. The Bertz CT molecular complexity index is 256. The highest BCUT2D eigenvalue weighted by Gasteiger charge is 2.27. The second-order valence-corrected chi connectivity index (χ2v) is 2.80. The first kappa shape index (κ1) is 9.94. The van der Waals surface area contributed by atoms with Gasteiger partial charge in [0.1, 0.15) is 4.58 Å². The number of carbonyl (C=O) groups is 1. The fourth-order valence-corrected chi connectivity index (χ4v) is 0.584. The highest BCUT2D eigenvalue weighted by Crippen LogP contribution is 1.76. The van der Waals surface area contributed by atoms with Gasteiger partial charge in [0.2, 0.25) is 0 Å². The van der Waals surface area contributed by atoms with E-state index in [4.69, 9.17) is 0 Å². The average molecular weight is 184 g/mol. The molecule has 0 aromatic rings. The zero-order valence-corrected chi connectivity index (χ0v) is 6.12. The molecule has 1 N–H and O–H groups in total. The van der Waals surface area contributed by atoms with Crippen LogP contribution in [0.25, 0.3) is 0 Å². The van der Waals surface area contributed by atoms with Crippen LogP contribution >= 0.6 is 0 Å². The molecule has 1 atom stereocenters. The second-order valence-electron chi connectivity index (χ2n) is 1.33. The van der Waals surface area contributed by atoms with E-state index < -0.39 is 20.8 Å². The van der Waals surface area contributed by atoms with Gasteiger partial charge >= 0.3 is 16.3 Å².